The van der Waals surface area contributed by atoms with Gasteiger partial charge in [0.25, 0.3) is 0 Å². The second-order valence-corrected chi connectivity index (χ2v) is 9.07. The van der Waals surface area contributed by atoms with Gasteiger partial charge in [0.1, 0.15) is 17.4 Å². The third kappa shape index (κ3) is 5.47. The van der Waals surface area contributed by atoms with Gasteiger partial charge in [-0.1, -0.05) is 35.9 Å². The molecular weight excluding hydrogens is 462 g/mol. The van der Waals surface area contributed by atoms with Crippen LogP contribution in [0, 0.1) is 6.92 Å². The number of nitrogens with one attached hydrogen (secondary N) is 1. The molecule has 1 amide bonds. The van der Waals surface area contributed by atoms with Crippen molar-refractivity contribution >= 4 is 28.6 Å². The van der Waals surface area contributed by atoms with Gasteiger partial charge in [-0.15, -0.1) is 16.4 Å². The summed E-state index contributed by atoms with van der Waals surface area (Å²) < 4.78 is 8.68. The number of rotatable bonds is 8. The molecule has 0 radical (unpaired) electrons. The number of fused-ring (bicyclic) bond motifs is 1. The lowest BCUT2D eigenvalue weighted by atomic mass is 10.2. The van der Waals surface area contributed by atoms with Gasteiger partial charge in [0.2, 0.25) is 5.91 Å². The van der Waals surface area contributed by atoms with Crippen molar-refractivity contribution in [3.8, 4) is 5.75 Å². The molecule has 0 saturated heterocycles. The molecule has 0 aliphatic heterocycles. The molecule has 0 saturated carbocycles. The van der Waals surface area contributed by atoms with Crippen LogP contribution in [0.4, 0.5) is 5.69 Å². The molecule has 0 atom stereocenters. The van der Waals surface area contributed by atoms with Gasteiger partial charge in [-0.25, -0.2) is 14.5 Å². The van der Waals surface area contributed by atoms with E-state index >= 15 is 0 Å². The van der Waals surface area contributed by atoms with Crippen LogP contribution in [-0.2, 0) is 24.4 Å². The van der Waals surface area contributed by atoms with Crippen LogP contribution in [0.2, 0.25) is 0 Å². The molecule has 0 aliphatic rings. The highest BCUT2D eigenvalue weighted by atomic mass is 32.1. The Kier molecular flexibility index (Phi) is 6.40. The summed E-state index contributed by atoms with van der Waals surface area (Å²) in [6.45, 7) is 2.70. The van der Waals surface area contributed by atoms with E-state index in [-0.39, 0.29) is 18.0 Å². The molecule has 0 aliphatic carbocycles. The van der Waals surface area contributed by atoms with Crippen molar-refractivity contribution in [2.45, 2.75) is 26.5 Å². The Labute approximate surface area is 205 Å². The average molecular weight is 486 g/mol. The van der Waals surface area contributed by atoms with Crippen LogP contribution in [0.5, 0.6) is 5.75 Å². The van der Waals surface area contributed by atoms with E-state index in [4.69, 9.17) is 4.74 Å². The van der Waals surface area contributed by atoms with E-state index in [1.807, 2.05) is 66.9 Å². The van der Waals surface area contributed by atoms with Gasteiger partial charge in [-0.3, -0.25) is 9.20 Å². The van der Waals surface area contributed by atoms with E-state index in [0.717, 1.165) is 16.3 Å². The largest absolute Gasteiger partial charge is 0.486 e. The van der Waals surface area contributed by atoms with E-state index in [2.05, 4.69) is 15.4 Å². The summed E-state index contributed by atoms with van der Waals surface area (Å²) in [5.41, 5.74) is 3.77. The number of hydrogen-bond acceptors (Lipinski definition) is 6. The molecule has 5 rings (SSSR count). The summed E-state index contributed by atoms with van der Waals surface area (Å²) in [5.74, 6) is 0.624. The molecule has 35 heavy (non-hydrogen) atoms. The number of aryl methyl sites for hydroxylation is 1. The topological polar surface area (TPSA) is 90.5 Å². The number of benzene rings is 2. The van der Waals surface area contributed by atoms with Gasteiger partial charge >= 0.3 is 5.69 Å². The van der Waals surface area contributed by atoms with Gasteiger partial charge < -0.3 is 10.1 Å². The molecule has 1 N–H and O–H groups in total. The number of ether oxygens (including phenoxy) is 1. The number of carbonyl (C=O) groups excluding carboxylic acids is 1. The first-order chi connectivity index (χ1) is 17.0. The molecule has 0 fully saturated rings. The molecule has 8 nitrogen and oxygen atoms in total. The number of amides is 1. The van der Waals surface area contributed by atoms with E-state index in [1.165, 1.54) is 26.0 Å². The summed E-state index contributed by atoms with van der Waals surface area (Å²) in [4.78, 5) is 29.6. The predicted molar refractivity (Wildman–Crippen MR) is 135 cm³/mol. The van der Waals surface area contributed by atoms with Crippen molar-refractivity contribution in [3.05, 3.63) is 111 Å². The SMILES string of the molecule is Cc1ccc(OCc2nc(CC(=O)Nc3cccc(Cn4nc5ccccn5c4=O)c3)cs2)cc1. The van der Waals surface area contributed by atoms with Crippen LogP contribution in [0.25, 0.3) is 5.65 Å². The lowest BCUT2D eigenvalue weighted by Crippen LogP contribution is -2.21. The fourth-order valence-electron chi connectivity index (χ4n) is 3.64. The number of thiazole rings is 1. The maximum atomic E-state index is 12.6. The minimum Gasteiger partial charge on any atom is -0.486 e. The molecule has 2 aromatic carbocycles. The highest BCUT2D eigenvalue weighted by Gasteiger charge is 2.11. The number of nitrogens with zero attached hydrogens (tertiary/aromatic N) is 4. The molecule has 9 heteroatoms. The minimum absolute atomic E-state index is 0.164. The summed E-state index contributed by atoms with van der Waals surface area (Å²) >= 11 is 1.47. The second kappa shape index (κ2) is 9.94. The predicted octanol–water partition coefficient (Wildman–Crippen LogP) is 4.07. The summed E-state index contributed by atoms with van der Waals surface area (Å²) in [6.07, 6.45) is 1.85. The molecule has 0 unspecified atom stereocenters. The number of anilines is 1. The van der Waals surface area contributed by atoms with Gasteiger partial charge in [-0.05, 0) is 48.9 Å². The highest BCUT2D eigenvalue weighted by Crippen LogP contribution is 2.17. The molecule has 5 aromatic rings. The van der Waals surface area contributed by atoms with Crippen molar-refractivity contribution in [2.24, 2.45) is 0 Å². The Balaban J connectivity index is 1.18. The lowest BCUT2D eigenvalue weighted by molar-refractivity contribution is -0.115. The first kappa shape index (κ1) is 22.5. The van der Waals surface area contributed by atoms with Gasteiger partial charge in [-0.2, -0.15) is 0 Å². The third-order valence-electron chi connectivity index (χ3n) is 5.36. The zero-order valence-corrected chi connectivity index (χ0v) is 19.9. The number of aromatic nitrogens is 4. The minimum atomic E-state index is -0.208. The van der Waals surface area contributed by atoms with E-state index in [1.54, 1.807) is 18.3 Å². The van der Waals surface area contributed by atoms with Gasteiger partial charge in [0, 0.05) is 17.3 Å². The zero-order chi connectivity index (χ0) is 24.2. The van der Waals surface area contributed by atoms with E-state index < -0.39 is 0 Å². The first-order valence-electron chi connectivity index (χ1n) is 11.1. The third-order valence-corrected chi connectivity index (χ3v) is 6.23. The smallest absolute Gasteiger partial charge is 0.350 e. The molecule has 0 spiro atoms. The van der Waals surface area contributed by atoms with Crippen LogP contribution >= 0.6 is 11.3 Å². The Bertz CT molecular complexity index is 1530. The second-order valence-electron chi connectivity index (χ2n) is 8.13. The molecular formula is C26H23N5O3S. The Hall–Kier alpha value is -4.24. The van der Waals surface area contributed by atoms with E-state index in [9.17, 15) is 9.59 Å². The van der Waals surface area contributed by atoms with Gasteiger partial charge in [0.15, 0.2) is 5.65 Å². The lowest BCUT2D eigenvalue weighted by Gasteiger charge is -2.07. The maximum Gasteiger partial charge on any atom is 0.350 e. The zero-order valence-electron chi connectivity index (χ0n) is 19.0. The Morgan fingerprint density at radius 3 is 2.77 bits per heavy atom. The number of hydrogen-bond donors (Lipinski definition) is 1. The van der Waals surface area contributed by atoms with Crippen LogP contribution in [0.3, 0.4) is 0 Å². The quantitative estimate of drug-likeness (QED) is 0.358. The standard InChI is InChI=1S/C26H23N5O3S/c1-18-8-10-22(11-9-18)34-16-25-28-21(17-35-25)14-24(32)27-20-6-4-5-19(13-20)15-31-26(33)30-12-3-2-7-23(30)29-31/h2-13,17H,14-16H2,1H3,(H,27,32). The number of pyridine rings is 1. The summed E-state index contributed by atoms with van der Waals surface area (Å²) in [7, 11) is 0. The highest BCUT2D eigenvalue weighted by molar-refractivity contribution is 7.09. The van der Waals surface area contributed by atoms with Crippen molar-refractivity contribution in [1.82, 2.24) is 19.2 Å². The summed E-state index contributed by atoms with van der Waals surface area (Å²) in [5, 5.41) is 9.96. The number of carbonyl (C=O) groups is 1. The van der Waals surface area contributed by atoms with Gasteiger partial charge in [0.05, 0.1) is 18.7 Å². The molecule has 0 bridgehead atoms. The fraction of sp³-hybridized carbons (Fsp3) is 0.154. The van der Waals surface area contributed by atoms with Crippen molar-refractivity contribution in [3.63, 3.8) is 0 Å². The van der Waals surface area contributed by atoms with Crippen LogP contribution in [0.1, 0.15) is 21.8 Å². The van der Waals surface area contributed by atoms with Crippen LogP contribution < -0.4 is 15.7 Å². The monoisotopic (exact) mass is 485 g/mol. The van der Waals surface area contributed by atoms with Crippen LogP contribution in [-0.4, -0.2) is 25.1 Å². The Morgan fingerprint density at radius 1 is 1.09 bits per heavy atom. The Morgan fingerprint density at radius 2 is 1.94 bits per heavy atom. The van der Waals surface area contributed by atoms with Crippen molar-refractivity contribution in [2.75, 3.05) is 5.32 Å². The summed E-state index contributed by atoms with van der Waals surface area (Å²) in [6, 6.07) is 20.7. The molecule has 3 heterocycles. The normalized spacial score (nSPS) is 11.0. The molecule has 3 aromatic heterocycles. The first-order valence-corrected chi connectivity index (χ1v) is 12.0. The van der Waals surface area contributed by atoms with Crippen molar-refractivity contribution in [1.29, 1.82) is 0 Å². The average Bonchev–Trinajstić information content (AvgIpc) is 3.43. The van der Waals surface area contributed by atoms with E-state index in [0.29, 0.717) is 30.2 Å². The van der Waals surface area contributed by atoms with Crippen molar-refractivity contribution < 1.29 is 9.53 Å². The maximum absolute atomic E-state index is 12.6. The fourth-order valence-corrected chi connectivity index (χ4v) is 4.34. The van der Waals surface area contributed by atoms with Crippen LogP contribution in [0.15, 0.2) is 83.1 Å². The molecule has 176 valence electrons.